The first-order chi connectivity index (χ1) is 15.1. The molecule has 2 heterocycles. The summed E-state index contributed by atoms with van der Waals surface area (Å²) in [6.07, 6.45) is 3.89. The lowest BCUT2D eigenvalue weighted by atomic mass is 10.2. The van der Waals surface area contributed by atoms with E-state index in [-0.39, 0.29) is 11.8 Å². The van der Waals surface area contributed by atoms with Gasteiger partial charge in [-0.3, -0.25) is 19.1 Å². The largest absolute Gasteiger partial charge is 0.497 e. The van der Waals surface area contributed by atoms with Gasteiger partial charge in [0.2, 0.25) is 5.91 Å². The standard InChI is InChI=1S/C22H21ClN4O3S/c1-30-18-6-4-5-17(13-18)27-14-24-25-22(27)31-19-7-2-3-12-26(21(19)29)20(28)15-8-10-16(23)11-9-15/h4-6,8-11,13-14,19H,2-3,7,12H2,1H3/t19-/m0/s1. The number of amides is 2. The number of ether oxygens (including phenoxy) is 1. The summed E-state index contributed by atoms with van der Waals surface area (Å²) in [5.74, 6) is 0.207. The van der Waals surface area contributed by atoms with Crippen LogP contribution >= 0.6 is 23.4 Å². The van der Waals surface area contributed by atoms with Crippen molar-refractivity contribution >= 4 is 35.2 Å². The molecule has 0 N–H and O–H groups in total. The summed E-state index contributed by atoms with van der Waals surface area (Å²) < 4.78 is 7.11. The minimum absolute atomic E-state index is 0.206. The molecule has 9 heteroatoms. The van der Waals surface area contributed by atoms with Crippen LogP contribution in [0.15, 0.2) is 60.0 Å². The van der Waals surface area contributed by atoms with E-state index >= 15 is 0 Å². The smallest absolute Gasteiger partial charge is 0.260 e. The maximum Gasteiger partial charge on any atom is 0.260 e. The molecule has 2 amide bonds. The molecule has 2 aromatic carbocycles. The second kappa shape index (κ2) is 9.53. The van der Waals surface area contributed by atoms with Crippen LogP contribution in [0, 0.1) is 0 Å². The summed E-state index contributed by atoms with van der Waals surface area (Å²) in [6, 6.07) is 14.1. The van der Waals surface area contributed by atoms with Gasteiger partial charge in [-0.25, -0.2) is 0 Å². The normalized spacial score (nSPS) is 16.8. The van der Waals surface area contributed by atoms with Crippen LogP contribution in [-0.2, 0) is 4.79 Å². The number of imide groups is 1. The van der Waals surface area contributed by atoms with Crippen LogP contribution in [0.3, 0.4) is 0 Å². The summed E-state index contributed by atoms with van der Waals surface area (Å²) in [5, 5.41) is 8.95. The van der Waals surface area contributed by atoms with Gasteiger partial charge >= 0.3 is 0 Å². The fourth-order valence-electron chi connectivity index (χ4n) is 3.44. The van der Waals surface area contributed by atoms with Crippen LogP contribution in [-0.4, -0.2) is 50.4 Å². The van der Waals surface area contributed by atoms with Gasteiger partial charge in [0.25, 0.3) is 5.91 Å². The van der Waals surface area contributed by atoms with E-state index in [0.29, 0.717) is 34.5 Å². The van der Waals surface area contributed by atoms with Crippen molar-refractivity contribution in [3.05, 3.63) is 65.4 Å². The van der Waals surface area contributed by atoms with Crippen LogP contribution in [0.2, 0.25) is 5.02 Å². The molecule has 1 aliphatic heterocycles. The average molecular weight is 457 g/mol. The first-order valence-electron chi connectivity index (χ1n) is 9.89. The first-order valence-corrected chi connectivity index (χ1v) is 11.1. The zero-order chi connectivity index (χ0) is 21.8. The van der Waals surface area contributed by atoms with E-state index in [1.165, 1.54) is 16.7 Å². The summed E-state index contributed by atoms with van der Waals surface area (Å²) in [6.45, 7) is 0.403. The Morgan fingerprint density at radius 2 is 2.00 bits per heavy atom. The topological polar surface area (TPSA) is 77.3 Å². The van der Waals surface area contributed by atoms with E-state index in [4.69, 9.17) is 16.3 Å². The van der Waals surface area contributed by atoms with Crippen molar-refractivity contribution in [2.75, 3.05) is 13.7 Å². The van der Waals surface area contributed by atoms with Gasteiger partial charge in [0, 0.05) is 23.2 Å². The van der Waals surface area contributed by atoms with Gasteiger partial charge in [0.1, 0.15) is 12.1 Å². The third-order valence-electron chi connectivity index (χ3n) is 5.07. The molecule has 0 bridgehead atoms. The number of benzene rings is 2. The Labute approximate surface area is 189 Å². The molecule has 0 unspecified atom stereocenters. The molecule has 0 saturated carbocycles. The maximum absolute atomic E-state index is 13.3. The van der Waals surface area contributed by atoms with Gasteiger partial charge < -0.3 is 4.74 Å². The van der Waals surface area contributed by atoms with Crippen molar-refractivity contribution in [3.63, 3.8) is 0 Å². The molecular weight excluding hydrogens is 436 g/mol. The molecule has 160 valence electrons. The predicted octanol–water partition coefficient (Wildman–Crippen LogP) is 4.24. The van der Waals surface area contributed by atoms with Crippen molar-refractivity contribution in [2.45, 2.75) is 29.7 Å². The zero-order valence-corrected chi connectivity index (χ0v) is 18.5. The minimum Gasteiger partial charge on any atom is -0.497 e. The number of methoxy groups -OCH3 is 1. The number of hydrogen-bond donors (Lipinski definition) is 0. The minimum atomic E-state index is -0.424. The fourth-order valence-corrected chi connectivity index (χ4v) is 4.69. The summed E-state index contributed by atoms with van der Waals surface area (Å²) in [7, 11) is 1.61. The molecule has 7 nitrogen and oxygen atoms in total. The molecule has 0 spiro atoms. The number of halogens is 1. The Balaban J connectivity index is 1.56. The number of hydrogen-bond acceptors (Lipinski definition) is 6. The lowest BCUT2D eigenvalue weighted by molar-refractivity contribution is -0.127. The summed E-state index contributed by atoms with van der Waals surface area (Å²) in [5.41, 5.74) is 1.28. The monoisotopic (exact) mass is 456 g/mol. The highest BCUT2D eigenvalue weighted by Crippen LogP contribution is 2.31. The summed E-state index contributed by atoms with van der Waals surface area (Å²) >= 11 is 7.26. The molecule has 0 radical (unpaired) electrons. The third kappa shape index (κ3) is 4.75. The van der Waals surface area contributed by atoms with Gasteiger partial charge in [0.05, 0.1) is 18.0 Å². The number of rotatable bonds is 5. The Kier molecular flexibility index (Phi) is 6.58. The molecule has 4 rings (SSSR count). The molecule has 1 aromatic heterocycles. The second-order valence-corrected chi connectivity index (χ2v) is 8.70. The lowest BCUT2D eigenvalue weighted by Gasteiger charge is -2.22. The molecule has 1 saturated heterocycles. The highest BCUT2D eigenvalue weighted by molar-refractivity contribution is 8.00. The fraction of sp³-hybridized carbons (Fsp3) is 0.273. The first kappa shape index (κ1) is 21.4. The molecule has 3 aromatic rings. The molecule has 1 atom stereocenters. The van der Waals surface area contributed by atoms with E-state index in [1.807, 2.05) is 28.8 Å². The van der Waals surface area contributed by atoms with Crippen LogP contribution in [0.5, 0.6) is 5.75 Å². The summed E-state index contributed by atoms with van der Waals surface area (Å²) in [4.78, 5) is 27.6. The van der Waals surface area contributed by atoms with Crippen molar-refractivity contribution in [2.24, 2.45) is 0 Å². The number of aromatic nitrogens is 3. The third-order valence-corrected chi connectivity index (χ3v) is 6.53. The SMILES string of the molecule is COc1cccc(-n2cnnc2S[C@H]2CCCCN(C(=O)c3ccc(Cl)cc3)C2=O)c1. The van der Waals surface area contributed by atoms with E-state index in [9.17, 15) is 9.59 Å². The van der Waals surface area contributed by atoms with Crippen LogP contribution in [0.25, 0.3) is 5.69 Å². The predicted molar refractivity (Wildman–Crippen MR) is 119 cm³/mol. The van der Waals surface area contributed by atoms with Crippen LogP contribution in [0.1, 0.15) is 29.6 Å². The zero-order valence-electron chi connectivity index (χ0n) is 16.9. The Hall–Kier alpha value is -2.84. The number of carbonyl (C=O) groups is 2. The van der Waals surface area contributed by atoms with Crippen molar-refractivity contribution in [1.29, 1.82) is 0 Å². The van der Waals surface area contributed by atoms with Crippen molar-refractivity contribution in [1.82, 2.24) is 19.7 Å². The molecular formula is C22H21ClN4O3S. The number of carbonyl (C=O) groups excluding carboxylic acids is 2. The Bertz CT molecular complexity index is 1090. The lowest BCUT2D eigenvalue weighted by Crippen LogP contribution is -2.41. The molecule has 1 fully saturated rings. The second-order valence-electron chi connectivity index (χ2n) is 7.09. The van der Waals surface area contributed by atoms with E-state index in [1.54, 1.807) is 37.7 Å². The van der Waals surface area contributed by atoms with E-state index in [0.717, 1.165) is 18.5 Å². The van der Waals surface area contributed by atoms with Crippen molar-refractivity contribution < 1.29 is 14.3 Å². The van der Waals surface area contributed by atoms with Gasteiger partial charge in [-0.2, -0.15) is 0 Å². The van der Waals surface area contributed by atoms with Gasteiger partial charge in [-0.05, 0) is 49.2 Å². The van der Waals surface area contributed by atoms with Crippen LogP contribution < -0.4 is 4.74 Å². The number of likely N-dealkylation sites (tertiary alicyclic amines) is 1. The quantitative estimate of drug-likeness (QED) is 0.534. The maximum atomic E-state index is 13.3. The Morgan fingerprint density at radius 1 is 1.19 bits per heavy atom. The van der Waals surface area contributed by atoms with E-state index in [2.05, 4.69) is 10.2 Å². The number of thioether (sulfide) groups is 1. The van der Waals surface area contributed by atoms with Gasteiger partial charge in [-0.1, -0.05) is 35.9 Å². The molecule has 31 heavy (non-hydrogen) atoms. The van der Waals surface area contributed by atoms with E-state index < -0.39 is 5.25 Å². The average Bonchev–Trinajstić information content (AvgIpc) is 3.18. The van der Waals surface area contributed by atoms with Gasteiger partial charge in [0.15, 0.2) is 5.16 Å². The van der Waals surface area contributed by atoms with Crippen molar-refractivity contribution in [3.8, 4) is 11.4 Å². The Morgan fingerprint density at radius 3 is 2.77 bits per heavy atom. The molecule has 0 aliphatic carbocycles. The van der Waals surface area contributed by atoms with Crippen LogP contribution in [0.4, 0.5) is 0 Å². The highest BCUT2D eigenvalue weighted by Gasteiger charge is 2.33. The van der Waals surface area contributed by atoms with Gasteiger partial charge in [-0.15, -0.1) is 10.2 Å². The highest BCUT2D eigenvalue weighted by atomic mass is 35.5. The molecule has 1 aliphatic rings. The number of nitrogens with zero attached hydrogens (tertiary/aromatic N) is 4.